The number of fused-ring (bicyclic) bond motifs is 1. The van der Waals surface area contributed by atoms with Crippen LogP contribution in [0.2, 0.25) is 0 Å². The van der Waals surface area contributed by atoms with Gasteiger partial charge in [-0.05, 0) is 61.8 Å². The molecule has 2 aliphatic rings. The molecule has 2 aliphatic heterocycles. The van der Waals surface area contributed by atoms with Crippen molar-refractivity contribution < 1.29 is 9.47 Å². The molecule has 10 heteroatoms. The molecule has 1 atom stereocenters. The number of nitrogens with one attached hydrogen (secondary N) is 2. The lowest BCUT2D eigenvalue weighted by atomic mass is 10.0. The molecule has 0 saturated carbocycles. The highest BCUT2D eigenvalue weighted by Crippen LogP contribution is 2.35. The number of ether oxygens (including phenoxy) is 2. The van der Waals surface area contributed by atoms with Crippen molar-refractivity contribution in [3.63, 3.8) is 0 Å². The number of anilines is 1. The van der Waals surface area contributed by atoms with Gasteiger partial charge in [0.1, 0.15) is 12.1 Å². The number of thiocarbonyl (C=S) groups is 1. The predicted octanol–water partition coefficient (Wildman–Crippen LogP) is 4.51. The number of aromatic nitrogens is 2. The molecular formula is C28H35BrN6O2S. The number of piperidine rings is 1. The zero-order valence-corrected chi connectivity index (χ0v) is 24.2. The highest BCUT2D eigenvalue weighted by Gasteiger charge is 2.23. The van der Waals surface area contributed by atoms with Crippen molar-refractivity contribution in [2.24, 2.45) is 0 Å². The second kappa shape index (κ2) is 12.9. The molecule has 0 bridgehead atoms. The van der Waals surface area contributed by atoms with E-state index in [1.807, 2.05) is 24.3 Å². The maximum Gasteiger partial charge on any atom is 0.169 e. The van der Waals surface area contributed by atoms with Crippen molar-refractivity contribution in [3.8, 4) is 11.5 Å². The largest absolute Gasteiger partial charge is 0.493 e. The molecule has 5 rings (SSSR count). The van der Waals surface area contributed by atoms with E-state index in [2.05, 4.69) is 58.5 Å². The van der Waals surface area contributed by atoms with Crippen LogP contribution in [0.25, 0.3) is 10.9 Å². The highest BCUT2D eigenvalue weighted by molar-refractivity contribution is 9.10. The Morgan fingerprint density at radius 3 is 2.66 bits per heavy atom. The summed E-state index contributed by atoms with van der Waals surface area (Å²) in [6, 6.07) is 12.8. The lowest BCUT2D eigenvalue weighted by Gasteiger charge is -2.37. The lowest BCUT2D eigenvalue weighted by molar-refractivity contribution is 0.257. The van der Waals surface area contributed by atoms with Gasteiger partial charge in [0.2, 0.25) is 0 Å². The standard InChI is InChI=1S/C28H35BrN6O2S/c1-36-25-16-23-24(17-26(25)37-15-9-22-4-2-3-10-30-22)32-19-33-27(23)34-11-13-35(14-12-34)28(38)31-18-20-5-7-21(29)8-6-20/h5-8,16-17,19,22,30H,2-4,9-15,18H2,1H3,(H,31,38). The first kappa shape index (κ1) is 26.9. The molecule has 202 valence electrons. The van der Waals surface area contributed by atoms with Gasteiger partial charge in [-0.3, -0.25) is 0 Å². The SMILES string of the molecule is COc1cc2c(N3CCN(C(=S)NCc4ccc(Br)cc4)CC3)ncnc2cc1OCCC1CCCCN1. The van der Waals surface area contributed by atoms with E-state index in [0.717, 1.165) is 71.2 Å². The molecule has 1 unspecified atom stereocenters. The smallest absolute Gasteiger partial charge is 0.169 e. The second-order valence-electron chi connectivity index (χ2n) is 9.76. The first-order chi connectivity index (χ1) is 18.6. The van der Waals surface area contributed by atoms with Crippen molar-refractivity contribution in [1.82, 2.24) is 25.5 Å². The third kappa shape index (κ3) is 6.65. The van der Waals surface area contributed by atoms with Gasteiger partial charge in [0.05, 0.1) is 19.2 Å². The molecule has 1 aromatic heterocycles. The molecule has 2 saturated heterocycles. The minimum Gasteiger partial charge on any atom is -0.493 e. The van der Waals surface area contributed by atoms with E-state index in [0.29, 0.717) is 24.9 Å². The Morgan fingerprint density at radius 2 is 1.92 bits per heavy atom. The van der Waals surface area contributed by atoms with E-state index in [9.17, 15) is 0 Å². The summed E-state index contributed by atoms with van der Waals surface area (Å²) in [6.07, 6.45) is 6.40. The fraction of sp³-hybridized carbons (Fsp3) is 0.464. The van der Waals surface area contributed by atoms with Crippen LogP contribution in [0.4, 0.5) is 5.82 Å². The summed E-state index contributed by atoms with van der Waals surface area (Å²) >= 11 is 9.16. The van der Waals surface area contributed by atoms with Crippen LogP contribution in [0.5, 0.6) is 11.5 Å². The van der Waals surface area contributed by atoms with Crippen LogP contribution in [-0.2, 0) is 6.54 Å². The van der Waals surface area contributed by atoms with Gasteiger partial charge in [0.25, 0.3) is 0 Å². The van der Waals surface area contributed by atoms with Crippen LogP contribution in [-0.4, -0.2) is 72.5 Å². The topological polar surface area (TPSA) is 74.8 Å². The number of halogens is 1. The summed E-state index contributed by atoms with van der Waals surface area (Å²) in [5.41, 5.74) is 2.06. The van der Waals surface area contributed by atoms with Crippen molar-refractivity contribution in [3.05, 3.63) is 52.8 Å². The summed E-state index contributed by atoms with van der Waals surface area (Å²) in [5.74, 6) is 2.36. The molecule has 2 N–H and O–H groups in total. The minimum absolute atomic E-state index is 0.534. The Kier molecular flexibility index (Phi) is 9.14. The predicted molar refractivity (Wildman–Crippen MR) is 159 cm³/mol. The quantitative estimate of drug-likeness (QED) is 0.364. The Balaban J connectivity index is 1.20. The average Bonchev–Trinajstić information content (AvgIpc) is 2.96. The summed E-state index contributed by atoms with van der Waals surface area (Å²) in [6.45, 7) is 5.75. The number of hydrogen-bond acceptors (Lipinski definition) is 7. The minimum atomic E-state index is 0.534. The number of hydrogen-bond donors (Lipinski definition) is 2. The molecule has 0 amide bonds. The monoisotopic (exact) mass is 598 g/mol. The molecular weight excluding hydrogens is 564 g/mol. The summed E-state index contributed by atoms with van der Waals surface area (Å²) in [7, 11) is 1.68. The number of methoxy groups -OCH3 is 1. The third-order valence-electron chi connectivity index (χ3n) is 7.26. The van der Waals surface area contributed by atoms with Crippen molar-refractivity contribution in [2.75, 3.05) is 51.3 Å². The van der Waals surface area contributed by atoms with Crippen LogP contribution in [0, 0.1) is 0 Å². The lowest BCUT2D eigenvalue weighted by Crippen LogP contribution is -2.51. The molecule has 0 aliphatic carbocycles. The molecule has 3 heterocycles. The molecule has 3 aromatic rings. The summed E-state index contributed by atoms with van der Waals surface area (Å²) < 4.78 is 12.9. The van der Waals surface area contributed by atoms with Gasteiger partial charge < -0.3 is 29.9 Å². The maximum absolute atomic E-state index is 6.16. The first-order valence-electron chi connectivity index (χ1n) is 13.3. The van der Waals surface area contributed by atoms with E-state index >= 15 is 0 Å². The second-order valence-corrected chi connectivity index (χ2v) is 11.1. The van der Waals surface area contributed by atoms with Crippen molar-refractivity contribution >= 4 is 50.0 Å². The van der Waals surface area contributed by atoms with Crippen LogP contribution in [0.1, 0.15) is 31.2 Å². The molecule has 2 aromatic carbocycles. The Labute approximate surface area is 238 Å². The maximum atomic E-state index is 6.16. The highest BCUT2D eigenvalue weighted by atomic mass is 79.9. The summed E-state index contributed by atoms with van der Waals surface area (Å²) in [4.78, 5) is 13.7. The van der Waals surface area contributed by atoms with E-state index in [-0.39, 0.29) is 0 Å². The van der Waals surface area contributed by atoms with Crippen LogP contribution in [0.3, 0.4) is 0 Å². The van der Waals surface area contributed by atoms with Crippen LogP contribution >= 0.6 is 28.1 Å². The van der Waals surface area contributed by atoms with E-state index in [4.69, 9.17) is 21.7 Å². The number of benzene rings is 2. The fourth-order valence-corrected chi connectivity index (χ4v) is 5.59. The normalized spacial score (nSPS) is 17.9. The van der Waals surface area contributed by atoms with E-state index in [1.165, 1.54) is 24.8 Å². The third-order valence-corrected chi connectivity index (χ3v) is 8.19. The number of rotatable bonds is 8. The first-order valence-corrected chi connectivity index (χ1v) is 14.5. The Morgan fingerprint density at radius 1 is 1.11 bits per heavy atom. The van der Waals surface area contributed by atoms with E-state index in [1.54, 1.807) is 13.4 Å². The van der Waals surface area contributed by atoms with Gasteiger partial charge in [-0.25, -0.2) is 9.97 Å². The molecule has 0 radical (unpaired) electrons. The van der Waals surface area contributed by atoms with Crippen molar-refractivity contribution in [2.45, 2.75) is 38.3 Å². The molecule has 2 fully saturated rings. The zero-order chi connectivity index (χ0) is 26.3. The number of nitrogens with zero attached hydrogens (tertiary/aromatic N) is 4. The van der Waals surface area contributed by atoms with Crippen LogP contribution in [0.15, 0.2) is 47.2 Å². The van der Waals surface area contributed by atoms with Gasteiger partial charge in [0, 0.05) is 54.7 Å². The zero-order valence-electron chi connectivity index (χ0n) is 21.8. The van der Waals surface area contributed by atoms with Gasteiger partial charge in [-0.2, -0.15) is 0 Å². The number of piperazine rings is 1. The van der Waals surface area contributed by atoms with Gasteiger partial charge in [0.15, 0.2) is 16.6 Å². The average molecular weight is 600 g/mol. The Hall–Kier alpha value is -2.69. The molecule has 38 heavy (non-hydrogen) atoms. The Bertz CT molecular complexity index is 1230. The molecule has 0 spiro atoms. The van der Waals surface area contributed by atoms with Crippen LogP contribution < -0.4 is 25.0 Å². The fourth-order valence-electron chi connectivity index (χ4n) is 5.07. The summed E-state index contributed by atoms with van der Waals surface area (Å²) in [5, 5.41) is 8.73. The van der Waals surface area contributed by atoms with Gasteiger partial charge in [-0.1, -0.05) is 34.5 Å². The van der Waals surface area contributed by atoms with E-state index < -0.39 is 0 Å². The van der Waals surface area contributed by atoms with Crippen molar-refractivity contribution in [1.29, 1.82) is 0 Å². The van der Waals surface area contributed by atoms with Gasteiger partial charge >= 0.3 is 0 Å². The van der Waals surface area contributed by atoms with Gasteiger partial charge in [-0.15, -0.1) is 0 Å². The molecule has 8 nitrogen and oxygen atoms in total.